The van der Waals surface area contributed by atoms with Gasteiger partial charge >= 0.3 is 0 Å². The topological polar surface area (TPSA) is 12.9 Å². The highest BCUT2D eigenvalue weighted by Gasteiger charge is 2.11. The minimum absolute atomic E-state index is 0.526. The van der Waals surface area contributed by atoms with Crippen molar-refractivity contribution in [1.82, 2.24) is 4.98 Å². The van der Waals surface area contributed by atoms with Gasteiger partial charge in [0.15, 0.2) is 0 Å². The molecule has 0 radical (unpaired) electrons. The van der Waals surface area contributed by atoms with Crippen LogP contribution in [-0.2, 0) is 0 Å². The van der Waals surface area contributed by atoms with Gasteiger partial charge in [-0.05, 0) is 29.0 Å². The van der Waals surface area contributed by atoms with Crippen LogP contribution in [0.5, 0.6) is 0 Å². The Morgan fingerprint density at radius 2 is 1.39 bits per heavy atom. The van der Waals surface area contributed by atoms with Crippen LogP contribution in [0.2, 0.25) is 0 Å². The lowest BCUT2D eigenvalue weighted by molar-refractivity contribution is 0.856. The molecule has 0 aliphatic carbocycles. The van der Waals surface area contributed by atoms with Crippen molar-refractivity contribution in [1.29, 1.82) is 0 Å². The Labute approximate surface area is 111 Å². The summed E-state index contributed by atoms with van der Waals surface area (Å²) < 4.78 is 0. The van der Waals surface area contributed by atoms with E-state index in [-0.39, 0.29) is 0 Å². The SMILES string of the molecule is CC.CC(C)c1ccc(C(C)C)c2ncccc12. The lowest BCUT2D eigenvalue weighted by atomic mass is 9.92. The van der Waals surface area contributed by atoms with Gasteiger partial charge < -0.3 is 0 Å². The Hall–Kier alpha value is -1.37. The molecular formula is C17H25N. The summed E-state index contributed by atoms with van der Waals surface area (Å²) >= 11 is 0. The Kier molecular flexibility index (Phi) is 5.33. The van der Waals surface area contributed by atoms with Gasteiger partial charge in [0.1, 0.15) is 0 Å². The molecule has 0 amide bonds. The normalized spacial score (nSPS) is 10.7. The van der Waals surface area contributed by atoms with Gasteiger partial charge in [0.25, 0.3) is 0 Å². The molecule has 18 heavy (non-hydrogen) atoms. The number of pyridine rings is 1. The molecule has 1 heterocycles. The predicted octanol–water partition coefficient (Wildman–Crippen LogP) is 5.51. The average Bonchev–Trinajstić information content (AvgIpc) is 2.39. The first kappa shape index (κ1) is 14.7. The number of hydrogen-bond acceptors (Lipinski definition) is 1. The van der Waals surface area contributed by atoms with Gasteiger partial charge in [0.2, 0.25) is 0 Å². The van der Waals surface area contributed by atoms with Crippen LogP contribution in [0.15, 0.2) is 30.5 Å². The molecule has 98 valence electrons. The summed E-state index contributed by atoms with van der Waals surface area (Å²) in [5.74, 6) is 1.08. The van der Waals surface area contributed by atoms with E-state index in [1.54, 1.807) is 0 Å². The number of benzene rings is 1. The highest BCUT2D eigenvalue weighted by molar-refractivity contribution is 5.85. The third-order valence-electron chi connectivity index (χ3n) is 3.08. The molecule has 0 fully saturated rings. The van der Waals surface area contributed by atoms with Crippen molar-refractivity contribution in [2.24, 2.45) is 0 Å². The van der Waals surface area contributed by atoms with Crippen LogP contribution in [0.1, 0.15) is 64.5 Å². The summed E-state index contributed by atoms with van der Waals surface area (Å²) in [7, 11) is 0. The van der Waals surface area contributed by atoms with Crippen LogP contribution in [0.4, 0.5) is 0 Å². The Morgan fingerprint density at radius 1 is 0.833 bits per heavy atom. The number of nitrogens with zero attached hydrogens (tertiary/aromatic N) is 1. The van der Waals surface area contributed by atoms with Crippen LogP contribution < -0.4 is 0 Å². The molecule has 0 atom stereocenters. The zero-order valence-electron chi connectivity index (χ0n) is 12.5. The third kappa shape index (κ3) is 2.90. The lowest BCUT2D eigenvalue weighted by Gasteiger charge is -2.14. The van der Waals surface area contributed by atoms with Crippen molar-refractivity contribution < 1.29 is 0 Å². The lowest BCUT2D eigenvalue weighted by Crippen LogP contribution is -1.96. The van der Waals surface area contributed by atoms with Crippen LogP contribution in [0.25, 0.3) is 10.9 Å². The number of rotatable bonds is 2. The van der Waals surface area contributed by atoms with Crippen molar-refractivity contribution in [2.75, 3.05) is 0 Å². The molecule has 1 aromatic carbocycles. The van der Waals surface area contributed by atoms with E-state index >= 15 is 0 Å². The summed E-state index contributed by atoms with van der Waals surface area (Å²) in [5.41, 5.74) is 3.91. The monoisotopic (exact) mass is 243 g/mol. The van der Waals surface area contributed by atoms with Gasteiger partial charge in [-0.1, -0.05) is 59.7 Å². The second-order valence-corrected chi connectivity index (χ2v) is 4.95. The molecule has 0 saturated carbocycles. The molecular weight excluding hydrogens is 218 g/mol. The second-order valence-electron chi connectivity index (χ2n) is 4.95. The molecule has 2 aromatic rings. The van der Waals surface area contributed by atoms with E-state index < -0.39 is 0 Å². The van der Waals surface area contributed by atoms with Crippen LogP contribution >= 0.6 is 0 Å². The highest BCUT2D eigenvalue weighted by Crippen LogP contribution is 2.29. The van der Waals surface area contributed by atoms with Crippen molar-refractivity contribution >= 4 is 10.9 Å². The summed E-state index contributed by atoms with van der Waals surface area (Å²) in [4.78, 5) is 4.55. The summed E-state index contributed by atoms with van der Waals surface area (Å²) in [6, 6.07) is 8.70. The molecule has 1 heteroatoms. The number of fused-ring (bicyclic) bond motifs is 1. The van der Waals surface area contributed by atoms with E-state index in [0.717, 1.165) is 0 Å². The van der Waals surface area contributed by atoms with Crippen LogP contribution in [0.3, 0.4) is 0 Å². The van der Waals surface area contributed by atoms with Crippen molar-refractivity contribution in [3.8, 4) is 0 Å². The summed E-state index contributed by atoms with van der Waals surface area (Å²) in [5, 5.41) is 1.31. The van der Waals surface area contributed by atoms with Crippen molar-refractivity contribution in [3.05, 3.63) is 41.6 Å². The highest BCUT2D eigenvalue weighted by atomic mass is 14.7. The summed E-state index contributed by atoms with van der Waals surface area (Å²) in [6.07, 6.45) is 1.89. The van der Waals surface area contributed by atoms with Gasteiger partial charge in [-0.3, -0.25) is 4.98 Å². The Morgan fingerprint density at radius 3 is 1.94 bits per heavy atom. The van der Waals surface area contributed by atoms with Crippen LogP contribution in [-0.4, -0.2) is 4.98 Å². The van der Waals surface area contributed by atoms with E-state index in [1.807, 2.05) is 26.1 Å². The minimum atomic E-state index is 0.526. The predicted molar refractivity (Wildman–Crippen MR) is 81.3 cm³/mol. The van der Waals surface area contributed by atoms with E-state index in [2.05, 4.69) is 50.9 Å². The Bertz CT molecular complexity index is 451. The van der Waals surface area contributed by atoms with Crippen molar-refractivity contribution in [3.63, 3.8) is 0 Å². The number of hydrogen-bond donors (Lipinski definition) is 0. The quantitative estimate of drug-likeness (QED) is 0.678. The first-order valence-electron chi connectivity index (χ1n) is 6.98. The fraction of sp³-hybridized carbons (Fsp3) is 0.471. The van der Waals surface area contributed by atoms with Crippen molar-refractivity contribution in [2.45, 2.75) is 53.4 Å². The average molecular weight is 243 g/mol. The maximum atomic E-state index is 4.55. The van der Waals surface area contributed by atoms with Gasteiger partial charge in [-0.25, -0.2) is 0 Å². The molecule has 2 rings (SSSR count). The molecule has 0 unspecified atom stereocenters. The molecule has 1 aromatic heterocycles. The van der Waals surface area contributed by atoms with E-state index in [1.165, 1.54) is 22.0 Å². The Balaban J connectivity index is 0.000000771. The third-order valence-corrected chi connectivity index (χ3v) is 3.08. The molecule has 0 spiro atoms. The fourth-order valence-electron chi connectivity index (χ4n) is 2.19. The molecule has 0 saturated heterocycles. The fourth-order valence-corrected chi connectivity index (χ4v) is 2.19. The minimum Gasteiger partial charge on any atom is -0.256 e. The molecule has 0 bridgehead atoms. The van der Waals surface area contributed by atoms with Gasteiger partial charge in [0, 0.05) is 11.6 Å². The second kappa shape index (κ2) is 6.53. The molecule has 0 aliphatic heterocycles. The van der Waals surface area contributed by atoms with Gasteiger partial charge in [-0.15, -0.1) is 0 Å². The van der Waals surface area contributed by atoms with Crippen LogP contribution in [0, 0.1) is 0 Å². The van der Waals surface area contributed by atoms with Gasteiger partial charge in [0.05, 0.1) is 5.52 Å². The number of aromatic nitrogens is 1. The first-order valence-corrected chi connectivity index (χ1v) is 6.98. The largest absolute Gasteiger partial charge is 0.256 e. The summed E-state index contributed by atoms with van der Waals surface area (Å²) in [6.45, 7) is 12.9. The molecule has 0 aliphatic rings. The van der Waals surface area contributed by atoms with E-state index in [4.69, 9.17) is 0 Å². The zero-order valence-corrected chi connectivity index (χ0v) is 12.5. The maximum absolute atomic E-state index is 4.55. The maximum Gasteiger partial charge on any atom is 0.0739 e. The smallest absolute Gasteiger partial charge is 0.0739 e. The van der Waals surface area contributed by atoms with Gasteiger partial charge in [-0.2, -0.15) is 0 Å². The van der Waals surface area contributed by atoms with E-state index in [9.17, 15) is 0 Å². The standard InChI is InChI=1S/C15H19N.C2H6/c1-10(2)12-7-8-13(11(3)4)15-14(12)6-5-9-16-15;1-2/h5-11H,1-4H3;1-2H3. The zero-order chi connectivity index (χ0) is 13.7. The van der Waals surface area contributed by atoms with E-state index in [0.29, 0.717) is 11.8 Å². The molecule has 0 N–H and O–H groups in total. The molecule has 1 nitrogen and oxygen atoms in total. The first-order chi connectivity index (χ1) is 8.61.